The first-order valence-corrected chi connectivity index (χ1v) is 5.17. The van der Waals surface area contributed by atoms with Crippen LogP contribution in [0.5, 0.6) is 0 Å². The van der Waals surface area contributed by atoms with Crippen molar-refractivity contribution in [3.05, 3.63) is 34.4 Å². The van der Waals surface area contributed by atoms with Gasteiger partial charge in [0.05, 0.1) is 5.02 Å². The van der Waals surface area contributed by atoms with Gasteiger partial charge in [0.15, 0.2) is 5.82 Å². The highest BCUT2D eigenvalue weighted by Crippen LogP contribution is 2.25. The van der Waals surface area contributed by atoms with Gasteiger partial charge < -0.3 is 0 Å². The molecule has 0 saturated heterocycles. The molecule has 2 aromatic heterocycles. The predicted molar refractivity (Wildman–Crippen MR) is 60.9 cm³/mol. The molecule has 0 N–H and O–H groups in total. The molecule has 0 aliphatic rings. The summed E-state index contributed by atoms with van der Waals surface area (Å²) in [7, 11) is 1.63. The molecule has 2 heterocycles. The molecular formula is C11H8ClFN4. The molecule has 17 heavy (non-hydrogen) atoms. The van der Waals surface area contributed by atoms with Crippen molar-refractivity contribution in [1.82, 2.24) is 14.8 Å². The van der Waals surface area contributed by atoms with Crippen LogP contribution in [0.3, 0.4) is 0 Å². The largest absolute Gasteiger partial charge is 0.257 e. The quantitative estimate of drug-likeness (QED) is 0.781. The van der Waals surface area contributed by atoms with Crippen LogP contribution in [0.15, 0.2) is 12.3 Å². The third-order valence-electron chi connectivity index (χ3n) is 2.42. The third-order valence-corrected chi connectivity index (χ3v) is 2.63. The van der Waals surface area contributed by atoms with Crippen LogP contribution in [-0.2, 0) is 7.05 Å². The minimum Gasteiger partial charge on any atom is -0.257 e. The smallest absolute Gasteiger partial charge is 0.152 e. The van der Waals surface area contributed by atoms with Gasteiger partial charge in [0, 0.05) is 18.8 Å². The van der Waals surface area contributed by atoms with Gasteiger partial charge in [0.2, 0.25) is 0 Å². The van der Waals surface area contributed by atoms with Gasteiger partial charge in [0.25, 0.3) is 0 Å². The Morgan fingerprint density at radius 1 is 1.47 bits per heavy atom. The first kappa shape index (κ1) is 11.6. The van der Waals surface area contributed by atoms with Crippen LogP contribution >= 0.6 is 11.6 Å². The van der Waals surface area contributed by atoms with Crippen LogP contribution in [0.4, 0.5) is 4.39 Å². The zero-order valence-corrected chi connectivity index (χ0v) is 9.96. The lowest BCUT2D eigenvalue weighted by Gasteiger charge is -1.99. The number of pyridine rings is 1. The average molecular weight is 251 g/mol. The molecule has 0 unspecified atom stereocenters. The predicted octanol–water partition coefficient (Wildman–Crippen LogP) is 2.45. The highest BCUT2D eigenvalue weighted by atomic mass is 35.5. The number of hydrogen-bond acceptors (Lipinski definition) is 3. The second kappa shape index (κ2) is 4.15. The number of aryl methyl sites for hydroxylation is 1. The van der Waals surface area contributed by atoms with Gasteiger partial charge in [-0.2, -0.15) is 10.4 Å². The summed E-state index contributed by atoms with van der Waals surface area (Å²) in [5, 5.41) is 13.2. The molecule has 2 aromatic rings. The number of halogens is 2. The van der Waals surface area contributed by atoms with Crippen LogP contribution in [0.25, 0.3) is 11.4 Å². The van der Waals surface area contributed by atoms with Crippen LogP contribution < -0.4 is 0 Å². The number of rotatable bonds is 1. The van der Waals surface area contributed by atoms with Gasteiger partial charge in [0.1, 0.15) is 23.2 Å². The fourth-order valence-corrected chi connectivity index (χ4v) is 1.74. The summed E-state index contributed by atoms with van der Waals surface area (Å²) >= 11 is 5.63. The van der Waals surface area contributed by atoms with E-state index < -0.39 is 5.82 Å². The fraction of sp³-hybridized carbons (Fsp3) is 0.182. The van der Waals surface area contributed by atoms with E-state index in [0.29, 0.717) is 17.0 Å². The summed E-state index contributed by atoms with van der Waals surface area (Å²) < 4.78 is 15.1. The van der Waals surface area contributed by atoms with Crippen molar-refractivity contribution in [2.75, 3.05) is 0 Å². The number of nitrogens with zero attached hydrogens (tertiary/aromatic N) is 4. The molecule has 0 spiro atoms. The maximum atomic E-state index is 13.7. The van der Waals surface area contributed by atoms with E-state index in [-0.39, 0.29) is 10.7 Å². The van der Waals surface area contributed by atoms with E-state index in [9.17, 15) is 4.39 Å². The normalized spacial score (nSPS) is 10.3. The second-order valence-electron chi connectivity index (χ2n) is 3.54. The van der Waals surface area contributed by atoms with Gasteiger partial charge in [-0.3, -0.25) is 4.68 Å². The molecule has 0 fully saturated rings. The second-order valence-corrected chi connectivity index (χ2v) is 3.98. The summed E-state index contributed by atoms with van der Waals surface area (Å²) in [5.74, 6) is -0.553. The van der Waals surface area contributed by atoms with Crippen molar-refractivity contribution < 1.29 is 4.39 Å². The SMILES string of the molecule is Cc1c(-c2ncc(Cl)cc2F)nn(C)c1C#N. The molecule has 0 atom stereocenters. The molecule has 0 saturated carbocycles. The van der Waals surface area contributed by atoms with Crippen molar-refractivity contribution >= 4 is 11.6 Å². The van der Waals surface area contributed by atoms with E-state index in [2.05, 4.69) is 10.1 Å². The average Bonchev–Trinajstić information content (AvgIpc) is 2.54. The van der Waals surface area contributed by atoms with Crippen LogP contribution in [0.2, 0.25) is 5.02 Å². The summed E-state index contributed by atoms with van der Waals surface area (Å²) in [6.07, 6.45) is 1.35. The highest BCUT2D eigenvalue weighted by Gasteiger charge is 2.17. The van der Waals surface area contributed by atoms with E-state index in [1.807, 2.05) is 6.07 Å². The van der Waals surface area contributed by atoms with Gasteiger partial charge in [-0.25, -0.2) is 9.37 Å². The minimum absolute atomic E-state index is 0.101. The van der Waals surface area contributed by atoms with E-state index in [1.165, 1.54) is 16.9 Å². The molecule has 0 amide bonds. The first-order chi connectivity index (χ1) is 8.04. The Hall–Kier alpha value is -1.93. The van der Waals surface area contributed by atoms with E-state index in [0.717, 1.165) is 0 Å². The summed E-state index contributed by atoms with van der Waals surface area (Å²) in [4.78, 5) is 3.91. The van der Waals surface area contributed by atoms with Crippen LogP contribution in [-0.4, -0.2) is 14.8 Å². The zero-order valence-electron chi connectivity index (χ0n) is 9.20. The third kappa shape index (κ3) is 1.87. The molecule has 0 radical (unpaired) electrons. The molecule has 0 aliphatic heterocycles. The number of nitriles is 1. The lowest BCUT2D eigenvalue weighted by molar-refractivity contribution is 0.624. The Labute approximate surface area is 102 Å². The molecule has 0 bridgehead atoms. The Morgan fingerprint density at radius 2 is 2.18 bits per heavy atom. The van der Waals surface area contributed by atoms with Crippen molar-refractivity contribution in [2.45, 2.75) is 6.92 Å². The molecule has 6 heteroatoms. The Balaban J connectivity index is 2.66. The summed E-state index contributed by atoms with van der Waals surface area (Å²) in [5.41, 5.74) is 1.45. The number of aromatic nitrogens is 3. The lowest BCUT2D eigenvalue weighted by Crippen LogP contribution is -1.94. The minimum atomic E-state index is -0.553. The summed E-state index contributed by atoms with van der Waals surface area (Å²) in [6, 6.07) is 3.18. The van der Waals surface area contributed by atoms with Crippen molar-refractivity contribution in [2.24, 2.45) is 7.05 Å². The van der Waals surface area contributed by atoms with Crippen LogP contribution in [0.1, 0.15) is 11.3 Å². The standard InChI is InChI=1S/C11H8ClFN4/c1-6-9(4-14)17(2)16-10(6)11-8(13)3-7(12)5-15-11/h3,5H,1-2H3. The maximum absolute atomic E-state index is 13.7. The molecule has 86 valence electrons. The fourth-order valence-electron chi connectivity index (χ4n) is 1.60. The molecule has 0 aromatic carbocycles. The van der Waals surface area contributed by atoms with Gasteiger partial charge >= 0.3 is 0 Å². The van der Waals surface area contributed by atoms with E-state index in [1.54, 1.807) is 14.0 Å². The van der Waals surface area contributed by atoms with Gasteiger partial charge in [-0.15, -0.1) is 0 Å². The lowest BCUT2D eigenvalue weighted by atomic mass is 10.1. The number of hydrogen-bond donors (Lipinski definition) is 0. The van der Waals surface area contributed by atoms with Crippen LogP contribution in [0, 0.1) is 24.1 Å². The van der Waals surface area contributed by atoms with E-state index >= 15 is 0 Å². The zero-order chi connectivity index (χ0) is 12.6. The summed E-state index contributed by atoms with van der Waals surface area (Å²) in [6.45, 7) is 1.70. The molecule has 2 rings (SSSR count). The van der Waals surface area contributed by atoms with Crippen molar-refractivity contribution in [3.8, 4) is 17.5 Å². The molecule has 4 nitrogen and oxygen atoms in total. The van der Waals surface area contributed by atoms with Gasteiger partial charge in [-0.05, 0) is 13.0 Å². The van der Waals surface area contributed by atoms with Crippen molar-refractivity contribution in [3.63, 3.8) is 0 Å². The van der Waals surface area contributed by atoms with Crippen molar-refractivity contribution in [1.29, 1.82) is 5.26 Å². The topological polar surface area (TPSA) is 54.5 Å². The molecular weight excluding hydrogens is 243 g/mol. The Morgan fingerprint density at radius 3 is 2.71 bits per heavy atom. The Bertz CT molecular complexity index is 627. The van der Waals surface area contributed by atoms with Gasteiger partial charge in [-0.1, -0.05) is 11.6 Å². The highest BCUT2D eigenvalue weighted by molar-refractivity contribution is 6.30. The Kier molecular flexibility index (Phi) is 2.82. The first-order valence-electron chi connectivity index (χ1n) is 4.79. The monoisotopic (exact) mass is 250 g/mol. The molecule has 0 aliphatic carbocycles. The van der Waals surface area contributed by atoms with E-state index in [4.69, 9.17) is 16.9 Å². The maximum Gasteiger partial charge on any atom is 0.152 e.